The molecule has 0 fully saturated rings. The van der Waals surface area contributed by atoms with Crippen LogP contribution in [0, 0.1) is 0 Å². The van der Waals surface area contributed by atoms with Gasteiger partial charge in [-0.25, -0.2) is 15.0 Å². The molecule has 0 N–H and O–H groups in total. The molecule has 2 aromatic heterocycles. The van der Waals surface area contributed by atoms with Crippen LogP contribution in [-0.2, 0) is 0 Å². The molecule has 2 heterocycles. The molecule has 0 aliphatic carbocycles. The van der Waals surface area contributed by atoms with Gasteiger partial charge in [0.2, 0.25) is 5.28 Å². The molecule has 0 unspecified atom stereocenters. The molecular formula is C6H3ClN4. The van der Waals surface area contributed by atoms with Crippen molar-refractivity contribution >= 4 is 22.8 Å². The molecule has 0 aliphatic heterocycles. The van der Waals surface area contributed by atoms with Gasteiger partial charge in [-0.15, -0.1) is 0 Å². The number of fused-ring (bicyclic) bond motifs is 1. The minimum atomic E-state index is 0.0669. The molecule has 0 saturated carbocycles. The van der Waals surface area contributed by atoms with Gasteiger partial charge in [0.1, 0.15) is 5.52 Å². The van der Waals surface area contributed by atoms with E-state index in [-0.39, 0.29) is 11.5 Å². The second-order valence-corrected chi connectivity index (χ2v) is 2.19. The summed E-state index contributed by atoms with van der Waals surface area (Å²) in [7, 11) is 0. The maximum absolute atomic E-state index is 7.17. The Bertz CT molecular complexity index is 396. The first-order valence-electron chi connectivity index (χ1n) is 3.37. The van der Waals surface area contributed by atoms with Crippen LogP contribution in [0.3, 0.4) is 0 Å². The van der Waals surface area contributed by atoms with E-state index in [9.17, 15) is 0 Å². The lowest BCUT2D eigenvalue weighted by Gasteiger charge is -1.92. The van der Waals surface area contributed by atoms with Gasteiger partial charge in [0.15, 0.2) is 5.65 Å². The zero-order chi connectivity index (χ0) is 8.55. The molecule has 0 aliphatic rings. The summed E-state index contributed by atoms with van der Waals surface area (Å²) in [5.41, 5.74) is 0.887. The van der Waals surface area contributed by atoms with Crippen molar-refractivity contribution in [2.75, 3.05) is 0 Å². The third-order valence-electron chi connectivity index (χ3n) is 1.15. The van der Waals surface area contributed by atoms with E-state index in [2.05, 4.69) is 19.9 Å². The van der Waals surface area contributed by atoms with Gasteiger partial charge in [-0.2, -0.15) is 4.98 Å². The lowest BCUT2D eigenvalue weighted by Crippen LogP contribution is -1.88. The predicted octanol–water partition coefficient (Wildman–Crippen LogP) is 1.07. The van der Waals surface area contributed by atoms with Crippen LogP contribution < -0.4 is 0 Å². The highest BCUT2D eigenvalue weighted by Gasteiger charge is 1.96. The van der Waals surface area contributed by atoms with Crippen molar-refractivity contribution in [2.24, 2.45) is 0 Å². The molecule has 2 aromatic rings. The van der Waals surface area contributed by atoms with Crippen LogP contribution in [0.25, 0.3) is 11.2 Å². The maximum atomic E-state index is 7.17. The van der Waals surface area contributed by atoms with E-state index < -0.39 is 0 Å². The topological polar surface area (TPSA) is 51.6 Å². The zero-order valence-corrected chi connectivity index (χ0v) is 6.08. The fourth-order valence-corrected chi connectivity index (χ4v) is 0.836. The first-order chi connectivity index (χ1) is 5.75. The summed E-state index contributed by atoms with van der Waals surface area (Å²) < 4.78 is 7.17. The summed E-state index contributed by atoms with van der Waals surface area (Å²) in [4.78, 5) is 15.2. The van der Waals surface area contributed by atoms with Gasteiger partial charge < -0.3 is 0 Å². The van der Waals surface area contributed by atoms with Crippen molar-refractivity contribution in [1.29, 1.82) is 0 Å². The Morgan fingerprint density at radius 1 is 1.36 bits per heavy atom. The standard InChI is InChI=1S/C6H3ClN4/c7-6-10-3-4-5(11-6)9-2-1-8-4/h1-3H/i2D. The van der Waals surface area contributed by atoms with E-state index in [1.54, 1.807) is 0 Å². The van der Waals surface area contributed by atoms with Gasteiger partial charge in [-0.1, -0.05) is 0 Å². The molecule has 11 heavy (non-hydrogen) atoms. The highest BCUT2D eigenvalue weighted by atomic mass is 35.5. The Kier molecular flexibility index (Phi) is 1.17. The van der Waals surface area contributed by atoms with Gasteiger partial charge in [-0.05, 0) is 11.6 Å². The summed E-state index contributed by atoms with van der Waals surface area (Å²) >= 11 is 5.52. The van der Waals surface area contributed by atoms with Crippen molar-refractivity contribution in [3.8, 4) is 0 Å². The second-order valence-electron chi connectivity index (χ2n) is 1.85. The van der Waals surface area contributed by atoms with Crippen molar-refractivity contribution in [3.63, 3.8) is 0 Å². The van der Waals surface area contributed by atoms with Crippen LogP contribution in [0.4, 0.5) is 0 Å². The fraction of sp³-hybridized carbons (Fsp3) is 0. The first kappa shape index (κ1) is 5.37. The van der Waals surface area contributed by atoms with Crippen molar-refractivity contribution < 1.29 is 1.37 Å². The van der Waals surface area contributed by atoms with Crippen molar-refractivity contribution in [3.05, 3.63) is 23.9 Å². The third-order valence-corrected chi connectivity index (χ3v) is 1.33. The van der Waals surface area contributed by atoms with E-state index in [0.29, 0.717) is 11.2 Å². The Balaban J connectivity index is 2.80. The molecule has 0 atom stereocenters. The highest BCUT2D eigenvalue weighted by molar-refractivity contribution is 6.28. The number of aromatic nitrogens is 4. The lowest BCUT2D eigenvalue weighted by atomic mass is 10.5. The summed E-state index contributed by atoms with van der Waals surface area (Å²) in [6.45, 7) is 0. The number of halogens is 1. The maximum Gasteiger partial charge on any atom is 0.224 e. The molecule has 0 bridgehead atoms. The third kappa shape index (κ3) is 1.12. The zero-order valence-electron chi connectivity index (χ0n) is 6.32. The minimum absolute atomic E-state index is 0.0669. The molecule has 54 valence electrons. The van der Waals surface area contributed by atoms with Gasteiger partial charge in [0, 0.05) is 12.4 Å². The largest absolute Gasteiger partial charge is 0.250 e. The van der Waals surface area contributed by atoms with E-state index >= 15 is 0 Å². The van der Waals surface area contributed by atoms with E-state index in [0.717, 1.165) is 0 Å². The Labute approximate surface area is 68.7 Å². The quantitative estimate of drug-likeness (QED) is 0.551. The van der Waals surface area contributed by atoms with E-state index in [4.69, 9.17) is 13.0 Å². The normalized spacial score (nSPS) is 11.5. The van der Waals surface area contributed by atoms with Crippen LogP contribution in [0.5, 0.6) is 0 Å². The van der Waals surface area contributed by atoms with Gasteiger partial charge in [0.25, 0.3) is 0 Å². The summed E-state index contributed by atoms with van der Waals surface area (Å²) in [5.74, 6) is 0. The number of hydrogen-bond acceptors (Lipinski definition) is 4. The molecule has 0 amide bonds. The minimum Gasteiger partial charge on any atom is -0.250 e. The average Bonchev–Trinajstić information content (AvgIpc) is 2.03. The smallest absolute Gasteiger partial charge is 0.224 e. The monoisotopic (exact) mass is 167 g/mol. The van der Waals surface area contributed by atoms with Gasteiger partial charge in [0.05, 0.1) is 7.57 Å². The lowest BCUT2D eigenvalue weighted by molar-refractivity contribution is 1.15. The van der Waals surface area contributed by atoms with Crippen LogP contribution >= 0.6 is 11.6 Å². The Hall–Kier alpha value is -1.29. The van der Waals surface area contributed by atoms with Crippen LogP contribution in [0.15, 0.2) is 18.6 Å². The van der Waals surface area contributed by atoms with E-state index in [1.807, 2.05) is 0 Å². The number of nitrogens with zero attached hydrogens (tertiary/aromatic N) is 4. The highest BCUT2D eigenvalue weighted by Crippen LogP contribution is 2.05. The average molecular weight is 168 g/mol. The first-order valence-corrected chi connectivity index (χ1v) is 3.25. The van der Waals surface area contributed by atoms with Crippen LogP contribution in [0.2, 0.25) is 5.28 Å². The number of rotatable bonds is 0. The van der Waals surface area contributed by atoms with Crippen LogP contribution in [-0.4, -0.2) is 19.9 Å². The molecule has 0 spiro atoms. The van der Waals surface area contributed by atoms with E-state index in [1.165, 1.54) is 12.4 Å². The molecule has 0 saturated heterocycles. The van der Waals surface area contributed by atoms with Crippen molar-refractivity contribution in [1.82, 2.24) is 19.9 Å². The fourth-order valence-electron chi connectivity index (χ4n) is 0.707. The van der Waals surface area contributed by atoms with Gasteiger partial charge in [-0.3, -0.25) is 0 Å². The molecule has 4 nitrogen and oxygen atoms in total. The molecular weight excluding hydrogens is 164 g/mol. The number of hydrogen-bond donors (Lipinski definition) is 0. The molecule has 0 radical (unpaired) electrons. The second kappa shape index (κ2) is 2.39. The predicted molar refractivity (Wildman–Crippen MR) is 40.1 cm³/mol. The molecule has 5 heteroatoms. The summed E-state index contributed by atoms with van der Waals surface area (Å²) in [6, 6.07) is 0. The summed E-state index contributed by atoms with van der Waals surface area (Å²) in [5, 5.41) is 0.113. The Morgan fingerprint density at radius 2 is 2.27 bits per heavy atom. The Morgan fingerprint density at radius 3 is 3.18 bits per heavy atom. The van der Waals surface area contributed by atoms with Crippen molar-refractivity contribution in [2.45, 2.75) is 0 Å². The molecule has 0 aromatic carbocycles. The molecule has 2 rings (SSSR count). The van der Waals surface area contributed by atoms with Gasteiger partial charge >= 0.3 is 0 Å². The SMILES string of the molecule is [2H]c1cnc2cnc(Cl)nc2n1. The van der Waals surface area contributed by atoms with Crippen LogP contribution in [0.1, 0.15) is 1.37 Å². The summed E-state index contributed by atoms with van der Waals surface area (Å²) in [6.07, 6.45) is 2.87.